The molecule has 0 aliphatic rings. The molecule has 4 rings (SSSR count). The molecule has 0 radical (unpaired) electrons. The molecule has 0 spiro atoms. The summed E-state index contributed by atoms with van der Waals surface area (Å²) in [5.74, 6) is -0.528. The molecule has 4 aromatic rings. The lowest BCUT2D eigenvalue weighted by Crippen LogP contribution is -2.16. The van der Waals surface area contributed by atoms with E-state index in [-0.39, 0.29) is 22.9 Å². The lowest BCUT2D eigenvalue weighted by Gasteiger charge is -2.13. The van der Waals surface area contributed by atoms with Gasteiger partial charge in [-0.1, -0.05) is 30.3 Å². The highest BCUT2D eigenvalue weighted by Gasteiger charge is 2.27. The fourth-order valence-corrected chi connectivity index (χ4v) is 5.41. The van der Waals surface area contributed by atoms with E-state index in [1.165, 1.54) is 28.2 Å². The van der Waals surface area contributed by atoms with Crippen LogP contribution >= 0.6 is 22.7 Å². The van der Waals surface area contributed by atoms with Gasteiger partial charge in [0.05, 0.1) is 16.1 Å². The number of benzene rings is 2. The minimum atomic E-state index is -0.349. The zero-order valence-electron chi connectivity index (χ0n) is 18.9. The van der Waals surface area contributed by atoms with Crippen LogP contribution in [0.4, 0.5) is 22.1 Å². The fraction of sp³-hybridized carbons (Fsp3) is 0.154. The fourth-order valence-electron chi connectivity index (χ4n) is 3.58. The second kappa shape index (κ2) is 9.21. The quantitative estimate of drug-likeness (QED) is 0.266. The van der Waals surface area contributed by atoms with Gasteiger partial charge in [0.25, 0.3) is 5.91 Å². The summed E-state index contributed by atoms with van der Waals surface area (Å²) in [4.78, 5) is 27.5. The van der Waals surface area contributed by atoms with Gasteiger partial charge >= 0.3 is 0 Å². The normalized spacial score (nSPS) is 10.8. The Morgan fingerprint density at radius 3 is 2.24 bits per heavy atom. The van der Waals surface area contributed by atoms with Gasteiger partial charge in [0.2, 0.25) is 5.78 Å². The van der Waals surface area contributed by atoms with Crippen molar-refractivity contribution in [2.24, 2.45) is 0 Å². The molecule has 2 aromatic heterocycles. The number of anilines is 4. The summed E-state index contributed by atoms with van der Waals surface area (Å²) in [6, 6.07) is 15.4. The third-order valence-corrected chi connectivity index (χ3v) is 7.60. The zero-order valence-corrected chi connectivity index (χ0v) is 20.5. The van der Waals surface area contributed by atoms with E-state index in [1.807, 2.05) is 75.5 Å². The molecular weight excluding hydrogens is 450 g/mol. The summed E-state index contributed by atoms with van der Waals surface area (Å²) in [5.41, 5.74) is 12.7. The van der Waals surface area contributed by atoms with Crippen LogP contribution in [0.5, 0.6) is 0 Å². The van der Waals surface area contributed by atoms with Crippen molar-refractivity contribution in [3.05, 3.63) is 91.5 Å². The zero-order chi connectivity index (χ0) is 23.7. The molecule has 0 aliphatic carbocycles. The van der Waals surface area contributed by atoms with Gasteiger partial charge in [-0.2, -0.15) is 0 Å². The molecule has 0 saturated heterocycles. The van der Waals surface area contributed by atoms with Crippen molar-refractivity contribution < 1.29 is 9.59 Å². The van der Waals surface area contributed by atoms with Crippen molar-refractivity contribution in [2.45, 2.75) is 27.7 Å². The smallest absolute Gasteiger partial charge is 0.260 e. The second-order valence-electron chi connectivity index (χ2n) is 8.00. The number of hydrogen-bond acceptors (Lipinski definition) is 6. The average molecular weight is 476 g/mol. The van der Waals surface area contributed by atoms with Crippen LogP contribution < -0.4 is 16.4 Å². The van der Waals surface area contributed by atoms with Crippen molar-refractivity contribution >= 4 is 56.4 Å². The number of amides is 1. The number of thiophene rings is 2. The number of ketones is 1. The maximum absolute atomic E-state index is 13.5. The van der Waals surface area contributed by atoms with E-state index >= 15 is 0 Å². The van der Waals surface area contributed by atoms with Gasteiger partial charge in [0.15, 0.2) is 0 Å². The van der Waals surface area contributed by atoms with Crippen LogP contribution in [0, 0.1) is 27.7 Å². The highest BCUT2D eigenvalue weighted by molar-refractivity contribution is 7.20. The van der Waals surface area contributed by atoms with E-state index in [2.05, 4.69) is 10.6 Å². The molecule has 4 N–H and O–H groups in total. The van der Waals surface area contributed by atoms with E-state index in [1.54, 1.807) is 6.07 Å². The summed E-state index contributed by atoms with van der Waals surface area (Å²) in [7, 11) is 0. The van der Waals surface area contributed by atoms with Crippen LogP contribution in [0.2, 0.25) is 0 Å². The number of hydrogen-bond donors (Lipinski definition) is 3. The number of carbonyl (C=O) groups is 2. The molecule has 0 fully saturated rings. The van der Waals surface area contributed by atoms with E-state index < -0.39 is 0 Å². The molecule has 7 heteroatoms. The monoisotopic (exact) mass is 475 g/mol. The van der Waals surface area contributed by atoms with Crippen molar-refractivity contribution in [1.82, 2.24) is 0 Å². The molecule has 168 valence electrons. The number of para-hydroxylation sites is 1. The summed E-state index contributed by atoms with van der Waals surface area (Å²) in [5, 5.41) is 8.72. The Balaban J connectivity index is 1.78. The first-order valence-corrected chi connectivity index (χ1v) is 12.2. The van der Waals surface area contributed by atoms with Crippen LogP contribution in [0.15, 0.2) is 53.9 Å². The first-order valence-electron chi connectivity index (χ1n) is 10.5. The number of aryl methyl sites for hydroxylation is 4. The third kappa shape index (κ3) is 4.55. The lowest BCUT2D eigenvalue weighted by molar-refractivity contribution is 0.102. The lowest BCUT2D eigenvalue weighted by atomic mass is 10.1. The predicted octanol–water partition coefficient (Wildman–Crippen LogP) is 6.85. The Kier molecular flexibility index (Phi) is 6.35. The maximum atomic E-state index is 13.5. The molecular formula is C26H25N3O2S2. The van der Waals surface area contributed by atoms with Gasteiger partial charge in [-0.05, 0) is 73.5 Å². The third-order valence-electron chi connectivity index (χ3n) is 5.61. The van der Waals surface area contributed by atoms with Gasteiger partial charge in [0, 0.05) is 11.4 Å². The molecule has 2 heterocycles. The molecule has 1 amide bonds. The van der Waals surface area contributed by atoms with E-state index in [0.717, 1.165) is 28.1 Å². The molecule has 0 saturated carbocycles. The van der Waals surface area contributed by atoms with Crippen LogP contribution in [0.3, 0.4) is 0 Å². The summed E-state index contributed by atoms with van der Waals surface area (Å²) in [6.07, 6.45) is 0. The van der Waals surface area contributed by atoms with Crippen molar-refractivity contribution in [1.29, 1.82) is 0 Å². The average Bonchev–Trinajstić information content (AvgIpc) is 3.41. The van der Waals surface area contributed by atoms with Gasteiger partial charge in [-0.25, -0.2) is 0 Å². The predicted molar refractivity (Wildman–Crippen MR) is 140 cm³/mol. The highest BCUT2D eigenvalue weighted by atomic mass is 32.1. The SMILES string of the molecule is Cc1ccc(Nc2sc(C(=O)c3cccs3)c(N)c2C(=O)Nc2c(C)cccc2C)cc1C. The van der Waals surface area contributed by atoms with Crippen LogP contribution in [-0.2, 0) is 0 Å². The molecule has 33 heavy (non-hydrogen) atoms. The van der Waals surface area contributed by atoms with Crippen LogP contribution in [0.25, 0.3) is 0 Å². The topological polar surface area (TPSA) is 84.2 Å². The van der Waals surface area contributed by atoms with Gasteiger partial charge in [0.1, 0.15) is 9.88 Å². The Morgan fingerprint density at radius 1 is 0.879 bits per heavy atom. The first-order chi connectivity index (χ1) is 15.8. The second-order valence-corrected chi connectivity index (χ2v) is 9.97. The first kappa shape index (κ1) is 22.8. The van der Waals surface area contributed by atoms with Crippen molar-refractivity contribution in [2.75, 3.05) is 16.4 Å². The standard InChI is InChI=1S/C26H25N3O2S2/c1-14-10-11-18(13-17(14)4)28-26-20(25(31)29-22-15(2)7-5-8-16(22)3)21(27)24(33-26)23(30)19-9-6-12-32-19/h5-13,28H,27H2,1-4H3,(H,29,31). The van der Waals surface area contributed by atoms with E-state index in [0.29, 0.717) is 14.8 Å². The molecule has 0 unspecified atom stereocenters. The van der Waals surface area contributed by atoms with Crippen LogP contribution in [-0.4, -0.2) is 11.7 Å². The van der Waals surface area contributed by atoms with E-state index in [9.17, 15) is 9.59 Å². The number of carbonyl (C=O) groups excluding carboxylic acids is 2. The highest BCUT2D eigenvalue weighted by Crippen LogP contribution is 2.40. The summed E-state index contributed by atoms with van der Waals surface area (Å²) >= 11 is 2.56. The Labute approximate surface area is 201 Å². The molecule has 5 nitrogen and oxygen atoms in total. The minimum Gasteiger partial charge on any atom is -0.397 e. The van der Waals surface area contributed by atoms with Gasteiger partial charge in [-0.3, -0.25) is 9.59 Å². The number of nitrogen functional groups attached to an aromatic ring is 1. The van der Waals surface area contributed by atoms with Crippen LogP contribution in [0.1, 0.15) is 47.2 Å². The van der Waals surface area contributed by atoms with Crippen molar-refractivity contribution in [3.63, 3.8) is 0 Å². The summed E-state index contributed by atoms with van der Waals surface area (Å²) < 4.78 is 0. The number of nitrogens with two attached hydrogens (primary N) is 1. The molecule has 0 bridgehead atoms. The number of rotatable bonds is 6. The largest absolute Gasteiger partial charge is 0.397 e. The summed E-state index contributed by atoms with van der Waals surface area (Å²) in [6.45, 7) is 7.96. The van der Waals surface area contributed by atoms with E-state index in [4.69, 9.17) is 5.73 Å². The molecule has 0 aliphatic heterocycles. The molecule has 0 atom stereocenters. The Bertz CT molecular complexity index is 1330. The van der Waals surface area contributed by atoms with Gasteiger partial charge < -0.3 is 16.4 Å². The number of nitrogens with one attached hydrogen (secondary N) is 2. The van der Waals surface area contributed by atoms with Gasteiger partial charge in [-0.15, -0.1) is 22.7 Å². The maximum Gasteiger partial charge on any atom is 0.260 e. The minimum absolute atomic E-state index is 0.179. The molecule has 2 aromatic carbocycles. The Hall–Kier alpha value is -3.42. The Morgan fingerprint density at radius 2 is 1.61 bits per heavy atom. The van der Waals surface area contributed by atoms with Crippen molar-refractivity contribution in [3.8, 4) is 0 Å².